The Morgan fingerprint density at radius 2 is 1.15 bits per heavy atom. The molecule has 0 aliphatic carbocycles. The van der Waals surface area contributed by atoms with E-state index in [2.05, 4.69) is 0 Å². The molecule has 13 heteroatoms. The summed E-state index contributed by atoms with van der Waals surface area (Å²) in [6.07, 6.45) is 5.28. The molecule has 5 aromatic rings. The molecular weight excluding hydrogens is 753 g/mol. The van der Waals surface area contributed by atoms with Gasteiger partial charge in [-0.05, 0) is 71.1 Å². The summed E-state index contributed by atoms with van der Waals surface area (Å²) in [5.74, 6) is 0.839. The van der Waals surface area contributed by atoms with Crippen molar-refractivity contribution in [1.82, 2.24) is 0 Å². The van der Waals surface area contributed by atoms with E-state index < -0.39 is 5.97 Å². The van der Waals surface area contributed by atoms with E-state index in [0.717, 1.165) is 33.6 Å². The molecule has 13 nitrogen and oxygen atoms in total. The molecule has 5 aromatic carbocycles. The van der Waals surface area contributed by atoms with Crippen LogP contribution in [0.25, 0.3) is 0 Å². The first-order chi connectivity index (χ1) is 28.8. The predicted molar refractivity (Wildman–Crippen MR) is 221 cm³/mol. The zero-order valence-electron chi connectivity index (χ0n) is 32.4. The summed E-state index contributed by atoms with van der Waals surface area (Å²) in [6, 6.07) is 27.7. The van der Waals surface area contributed by atoms with Crippen molar-refractivity contribution < 1.29 is 43.2 Å². The number of benzene rings is 5. The van der Waals surface area contributed by atoms with E-state index in [9.17, 15) is 14.4 Å². The summed E-state index contributed by atoms with van der Waals surface area (Å²) in [5.41, 5.74) is 7.20. The van der Waals surface area contributed by atoms with Crippen molar-refractivity contribution in [3.05, 3.63) is 124 Å². The lowest BCUT2D eigenvalue weighted by Crippen LogP contribution is -2.37. The van der Waals surface area contributed by atoms with Crippen LogP contribution in [-0.4, -0.2) is 68.2 Å². The maximum absolute atomic E-state index is 13.9. The lowest BCUT2D eigenvalue weighted by Gasteiger charge is -2.22. The molecule has 59 heavy (non-hydrogen) atoms. The van der Waals surface area contributed by atoms with Crippen LogP contribution >= 0.6 is 0 Å². The molecule has 0 bridgehead atoms. The SMILES string of the molecule is COc1cc2c(cc1OCc1cc(COc3cc4c(cc3OC)C(=O)N3c5ccccc5C[C@H]3C=N4)cc(OCCCC(=O)O)c1)N=C[C@@H]1Cc3ccccc3N1C2=O. The summed E-state index contributed by atoms with van der Waals surface area (Å²) in [4.78, 5) is 52.0. The number of fused-ring (bicyclic) bond motifs is 8. The van der Waals surface area contributed by atoms with Crippen LogP contribution in [-0.2, 0) is 30.8 Å². The third kappa shape index (κ3) is 7.20. The number of carboxylic acid groups (broad SMARTS) is 1. The Bertz CT molecular complexity index is 2410. The molecule has 0 spiro atoms. The molecular formula is C46H40N4O9. The number of methoxy groups -OCH3 is 2. The van der Waals surface area contributed by atoms with E-state index in [1.54, 1.807) is 34.1 Å². The van der Waals surface area contributed by atoms with Gasteiger partial charge in [-0.25, -0.2) is 0 Å². The van der Waals surface area contributed by atoms with Crippen LogP contribution in [0.5, 0.6) is 28.7 Å². The number of carbonyl (C=O) groups excluding carboxylic acids is 2. The fourth-order valence-electron chi connectivity index (χ4n) is 8.09. The third-order valence-corrected chi connectivity index (χ3v) is 10.9. The van der Waals surface area contributed by atoms with Crippen LogP contribution in [0.15, 0.2) is 101 Å². The molecule has 2 amide bonds. The van der Waals surface area contributed by atoms with Crippen molar-refractivity contribution in [3.8, 4) is 28.7 Å². The van der Waals surface area contributed by atoms with Gasteiger partial charge in [0.15, 0.2) is 23.0 Å². The van der Waals surface area contributed by atoms with Crippen molar-refractivity contribution in [2.75, 3.05) is 30.6 Å². The Balaban J connectivity index is 0.958. The number of hydrogen-bond acceptors (Lipinski definition) is 10. The average molecular weight is 793 g/mol. The van der Waals surface area contributed by atoms with Crippen molar-refractivity contribution in [2.24, 2.45) is 9.98 Å². The van der Waals surface area contributed by atoms with Gasteiger partial charge in [-0.2, -0.15) is 0 Å². The molecule has 4 heterocycles. The van der Waals surface area contributed by atoms with Gasteiger partial charge < -0.3 is 28.8 Å². The lowest BCUT2D eigenvalue weighted by atomic mass is 10.1. The predicted octanol–water partition coefficient (Wildman–Crippen LogP) is 7.68. The van der Waals surface area contributed by atoms with Crippen LogP contribution in [0.2, 0.25) is 0 Å². The van der Waals surface area contributed by atoms with Crippen molar-refractivity contribution in [2.45, 2.75) is 51.0 Å². The van der Waals surface area contributed by atoms with Crippen LogP contribution in [0.3, 0.4) is 0 Å². The van der Waals surface area contributed by atoms with E-state index in [1.807, 2.05) is 79.2 Å². The van der Waals surface area contributed by atoms with Gasteiger partial charge in [-0.1, -0.05) is 36.4 Å². The highest BCUT2D eigenvalue weighted by atomic mass is 16.5. The summed E-state index contributed by atoms with van der Waals surface area (Å²) >= 11 is 0. The third-order valence-electron chi connectivity index (χ3n) is 10.9. The van der Waals surface area contributed by atoms with Gasteiger partial charge >= 0.3 is 5.97 Å². The molecule has 0 saturated carbocycles. The van der Waals surface area contributed by atoms with Gasteiger partial charge in [-0.15, -0.1) is 0 Å². The number of carbonyl (C=O) groups is 3. The second-order valence-corrected chi connectivity index (χ2v) is 14.7. The van der Waals surface area contributed by atoms with Gasteiger partial charge in [0.25, 0.3) is 11.8 Å². The second kappa shape index (κ2) is 15.7. The monoisotopic (exact) mass is 792 g/mol. The molecule has 0 aromatic heterocycles. The maximum atomic E-state index is 13.9. The van der Waals surface area contributed by atoms with Gasteiger partial charge in [0.2, 0.25) is 0 Å². The molecule has 0 radical (unpaired) electrons. The Kier molecular flexibility index (Phi) is 9.93. The highest BCUT2D eigenvalue weighted by Gasteiger charge is 2.38. The van der Waals surface area contributed by atoms with Crippen molar-refractivity contribution in [1.29, 1.82) is 0 Å². The standard InChI is InChI=1S/C46H40N4O9/c1-55-40-19-34-36(47-23-31-17-29-8-3-5-10-38(29)49(31)45(34)53)21-42(40)58-25-27-14-28(16-33(15-27)57-13-7-12-44(51)52)26-59-43-22-37-35(20-41(43)56-2)46(54)50-32(24-48-37)18-30-9-4-6-11-39(30)50/h3-6,8-11,14-16,19-24,31-32H,7,12-13,17-18,25-26H2,1-2H3,(H,51,52)/t31-,32-/m0/s1. The minimum atomic E-state index is -0.901. The topological polar surface area (TPSA) is 149 Å². The molecule has 0 fully saturated rings. The number of carboxylic acids is 1. The highest BCUT2D eigenvalue weighted by Crippen LogP contribution is 2.43. The van der Waals surface area contributed by atoms with E-state index >= 15 is 0 Å². The largest absolute Gasteiger partial charge is 0.494 e. The van der Waals surface area contributed by atoms with Gasteiger partial charge in [-0.3, -0.25) is 34.2 Å². The van der Waals surface area contributed by atoms with Crippen molar-refractivity contribution in [3.63, 3.8) is 0 Å². The summed E-state index contributed by atoms with van der Waals surface area (Å²) in [5, 5.41) is 9.14. The fourth-order valence-corrected chi connectivity index (χ4v) is 8.09. The first kappa shape index (κ1) is 37.4. The molecule has 4 aliphatic rings. The zero-order chi connectivity index (χ0) is 40.6. The summed E-state index contributed by atoms with van der Waals surface area (Å²) in [6.45, 7) is 0.374. The van der Waals surface area contributed by atoms with Crippen LogP contribution in [0, 0.1) is 0 Å². The minimum Gasteiger partial charge on any atom is -0.494 e. The number of hydrogen-bond donors (Lipinski definition) is 1. The molecule has 2 atom stereocenters. The first-order valence-electron chi connectivity index (χ1n) is 19.4. The smallest absolute Gasteiger partial charge is 0.303 e. The zero-order valence-corrected chi connectivity index (χ0v) is 32.4. The van der Waals surface area contributed by atoms with E-state index in [1.165, 1.54) is 14.2 Å². The number of aliphatic carboxylic acids is 1. The normalized spacial score (nSPS) is 16.8. The summed E-state index contributed by atoms with van der Waals surface area (Å²) < 4.78 is 30.1. The van der Waals surface area contributed by atoms with E-state index in [4.69, 9.17) is 38.8 Å². The molecule has 4 aliphatic heterocycles. The van der Waals surface area contributed by atoms with Gasteiger partial charge in [0, 0.05) is 55.2 Å². The summed E-state index contributed by atoms with van der Waals surface area (Å²) in [7, 11) is 3.04. The van der Waals surface area contributed by atoms with E-state index in [-0.39, 0.29) is 50.1 Å². The molecule has 9 rings (SSSR count). The Hall–Kier alpha value is -7.15. The maximum Gasteiger partial charge on any atom is 0.303 e. The Labute approximate surface area is 340 Å². The Morgan fingerprint density at radius 3 is 1.63 bits per heavy atom. The fraction of sp³-hybridized carbons (Fsp3) is 0.239. The van der Waals surface area contributed by atoms with Crippen LogP contribution in [0.1, 0.15) is 55.8 Å². The quantitative estimate of drug-likeness (QED) is 0.119. The first-order valence-corrected chi connectivity index (χ1v) is 19.4. The van der Waals surface area contributed by atoms with Gasteiger partial charge in [0.05, 0.1) is 55.4 Å². The minimum absolute atomic E-state index is 0.0268. The number of nitrogens with zero attached hydrogens (tertiary/aromatic N) is 4. The molecule has 0 saturated heterocycles. The molecule has 1 N–H and O–H groups in total. The highest BCUT2D eigenvalue weighted by molar-refractivity contribution is 6.15. The Morgan fingerprint density at radius 1 is 0.661 bits per heavy atom. The number of ether oxygens (including phenoxy) is 5. The van der Waals surface area contributed by atoms with Crippen LogP contribution < -0.4 is 33.5 Å². The van der Waals surface area contributed by atoms with Gasteiger partial charge in [0.1, 0.15) is 19.0 Å². The lowest BCUT2D eigenvalue weighted by molar-refractivity contribution is -0.137. The van der Waals surface area contributed by atoms with Crippen molar-refractivity contribution >= 4 is 53.0 Å². The molecule has 0 unspecified atom stereocenters. The number of anilines is 2. The number of aliphatic imine (C=N–C) groups is 2. The van der Waals surface area contributed by atoms with E-state index in [0.29, 0.717) is 70.5 Å². The molecule has 298 valence electrons. The average Bonchev–Trinajstić information content (AvgIpc) is 3.74. The number of para-hydroxylation sites is 2. The van der Waals surface area contributed by atoms with Crippen LogP contribution in [0.4, 0.5) is 22.7 Å². The number of amides is 2. The second-order valence-electron chi connectivity index (χ2n) is 14.7. The number of rotatable bonds is 13.